The van der Waals surface area contributed by atoms with E-state index in [4.69, 9.17) is 9.47 Å². The smallest absolute Gasteiger partial charge is 0.159 e. The maximum absolute atomic E-state index is 5.50. The zero-order valence-corrected chi connectivity index (χ0v) is 12.0. The van der Waals surface area contributed by atoms with Crippen molar-refractivity contribution in [2.75, 3.05) is 25.1 Å². The van der Waals surface area contributed by atoms with E-state index in [1.165, 1.54) is 11.1 Å². The Morgan fingerprint density at radius 2 is 1.72 bits per heavy atom. The number of ether oxygens (including phenoxy) is 2. The lowest BCUT2D eigenvalue weighted by molar-refractivity contribution is -0.137. The molecule has 18 heavy (non-hydrogen) atoms. The van der Waals surface area contributed by atoms with Gasteiger partial charge in [-0.2, -0.15) is 0 Å². The Kier molecular flexibility index (Phi) is 6.76. The van der Waals surface area contributed by atoms with Gasteiger partial charge in [-0.05, 0) is 51.0 Å². The molecule has 1 N–H and O–H groups in total. The van der Waals surface area contributed by atoms with Gasteiger partial charge in [-0.3, -0.25) is 0 Å². The van der Waals surface area contributed by atoms with Crippen LogP contribution in [0.15, 0.2) is 18.2 Å². The van der Waals surface area contributed by atoms with Crippen molar-refractivity contribution in [1.29, 1.82) is 0 Å². The fraction of sp³-hybridized carbons (Fsp3) is 0.600. The number of benzene rings is 1. The molecule has 3 nitrogen and oxygen atoms in total. The van der Waals surface area contributed by atoms with Crippen molar-refractivity contribution in [3.63, 3.8) is 0 Å². The minimum absolute atomic E-state index is 0.0981. The van der Waals surface area contributed by atoms with Gasteiger partial charge in [0.2, 0.25) is 0 Å². The van der Waals surface area contributed by atoms with Crippen LogP contribution >= 0.6 is 0 Å². The molecule has 0 spiro atoms. The summed E-state index contributed by atoms with van der Waals surface area (Å²) >= 11 is 0. The minimum atomic E-state index is -0.0981. The first-order valence-electron chi connectivity index (χ1n) is 6.71. The number of hydrogen-bond acceptors (Lipinski definition) is 3. The van der Waals surface area contributed by atoms with Gasteiger partial charge in [0.1, 0.15) is 0 Å². The van der Waals surface area contributed by atoms with Crippen molar-refractivity contribution in [2.45, 2.75) is 40.4 Å². The summed E-state index contributed by atoms with van der Waals surface area (Å²) in [6, 6.07) is 6.42. The van der Waals surface area contributed by atoms with Gasteiger partial charge in [0.05, 0.1) is 0 Å². The number of anilines is 1. The first-order valence-corrected chi connectivity index (χ1v) is 6.71. The van der Waals surface area contributed by atoms with E-state index < -0.39 is 0 Å². The van der Waals surface area contributed by atoms with Crippen LogP contribution in [-0.4, -0.2) is 26.0 Å². The predicted molar refractivity (Wildman–Crippen MR) is 76.1 cm³/mol. The molecule has 102 valence electrons. The molecule has 0 amide bonds. The van der Waals surface area contributed by atoms with Crippen molar-refractivity contribution in [2.24, 2.45) is 0 Å². The highest BCUT2D eigenvalue weighted by atomic mass is 16.7. The van der Waals surface area contributed by atoms with Gasteiger partial charge < -0.3 is 14.8 Å². The molecule has 0 aliphatic rings. The van der Waals surface area contributed by atoms with Crippen molar-refractivity contribution >= 4 is 5.69 Å². The second-order valence-corrected chi connectivity index (χ2v) is 4.35. The summed E-state index contributed by atoms with van der Waals surface area (Å²) in [6.07, 6.45) is 0.758. The van der Waals surface area contributed by atoms with Crippen LogP contribution in [0.3, 0.4) is 0 Å². The zero-order chi connectivity index (χ0) is 13.4. The van der Waals surface area contributed by atoms with E-state index >= 15 is 0 Å². The summed E-state index contributed by atoms with van der Waals surface area (Å²) in [4.78, 5) is 0. The molecule has 0 aromatic heterocycles. The molecule has 3 heteroatoms. The van der Waals surface area contributed by atoms with Gasteiger partial charge in [0.25, 0.3) is 0 Å². The van der Waals surface area contributed by atoms with Crippen LogP contribution in [0.1, 0.15) is 31.4 Å². The van der Waals surface area contributed by atoms with Crippen LogP contribution in [-0.2, 0) is 9.47 Å². The molecule has 0 aliphatic heterocycles. The average molecular weight is 251 g/mol. The van der Waals surface area contributed by atoms with Gasteiger partial charge >= 0.3 is 0 Å². The molecule has 0 aliphatic carbocycles. The standard InChI is InChI=1S/C15H25NO2/c1-5-17-15(18-6-2)9-10-16-14-8-7-12(3)13(4)11-14/h7-8,11,15-16H,5-6,9-10H2,1-4H3. The van der Waals surface area contributed by atoms with Crippen molar-refractivity contribution in [3.8, 4) is 0 Å². The van der Waals surface area contributed by atoms with E-state index in [2.05, 4.69) is 37.4 Å². The lowest BCUT2D eigenvalue weighted by atomic mass is 10.1. The molecule has 0 bridgehead atoms. The van der Waals surface area contributed by atoms with E-state index in [0.717, 1.165) is 18.7 Å². The molecule has 0 saturated heterocycles. The Morgan fingerprint density at radius 3 is 2.28 bits per heavy atom. The van der Waals surface area contributed by atoms with E-state index in [0.29, 0.717) is 13.2 Å². The average Bonchev–Trinajstić information content (AvgIpc) is 2.34. The van der Waals surface area contributed by atoms with Crippen LogP contribution in [0.2, 0.25) is 0 Å². The first kappa shape index (κ1) is 15.0. The Morgan fingerprint density at radius 1 is 1.06 bits per heavy atom. The number of nitrogens with one attached hydrogen (secondary N) is 1. The van der Waals surface area contributed by atoms with E-state index in [1.54, 1.807) is 0 Å². The Hall–Kier alpha value is -1.06. The highest BCUT2D eigenvalue weighted by Crippen LogP contribution is 2.14. The minimum Gasteiger partial charge on any atom is -0.385 e. The number of hydrogen-bond donors (Lipinski definition) is 1. The molecule has 1 aromatic carbocycles. The van der Waals surface area contributed by atoms with Crippen molar-refractivity contribution in [1.82, 2.24) is 0 Å². The fourth-order valence-electron chi connectivity index (χ4n) is 1.77. The Balaban J connectivity index is 2.37. The Bertz CT molecular complexity index is 346. The Labute approximate surface area is 110 Å². The van der Waals surface area contributed by atoms with Gasteiger partial charge in [0.15, 0.2) is 6.29 Å². The zero-order valence-electron chi connectivity index (χ0n) is 12.0. The van der Waals surface area contributed by atoms with Gasteiger partial charge in [-0.15, -0.1) is 0 Å². The lowest BCUT2D eigenvalue weighted by Crippen LogP contribution is -2.21. The van der Waals surface area contributed by atoms with Crippen LogP contribution in [0.25, 0.3) is 0 Å². The largest absolute Gasteiger partial charge is 0.385 e. The third kappa shape index (κ3) is 5.07. The maximum Gasteiger partial charge on any atom is 0.159 e. The summed E-state index contributed by atoms with van der Waals surface area (Å²) in [5.41, 5.74) is 3.79. The monoisotopic (exact) mass is 251 g/mol. The third-order valence-corrected chi connectivity index (χ3v) is 2.92. The first-order chi connectivity index (χ1) is 8.67. The molecule has 1 rings (SSSR count). The number of rotatable bonds is 8. The second kappa shape index (κ2) is 8.11. The molecule has 0 radical (unpaired) electrons. The van der Waals surface area contributed by atoms with E-state index in [9.17, 15) is 0 Å². The molecule has 0 heterocycles. The van der Waals surface area contributed by atoms with Crippen LogP contribution in [0.4, 0.5) is 5.69 Å². The third-order valence-electron chi connectivity index (χ3n) is 2.92. The summed E-state index contributed by atoms with van der Waals surface area (Å²) in [6.45, 7) is 10.5. The van der Waals surface area contributed by atoms with Crippen molar-refractivity contribution in [3.05, 3.63) is 29.3 Å². The van der Waals surface area contributed by atoms with Gasteiger partial charge in [0, 0.05) is 31.9 Å². The van der Waals surface area contributed by atoms with Crippen LogP contribution < -0.4 is 5.32 Å². The van der Waals surface area contributed by atoms with Crippen LogP contribution in [0, 0.1) is 13.8 Å². The van der Waals surface area contributed by atoms with Gasteiger partial charge in [-0.1, -0.05) is 6.07 Å². The topological polar surface area (TPSA) is 30.5 Å². The maximum atomic E-state index is 5.50. The molecule has 0 unspecified atom stereocenters. The molecule has 1 aromatic rings. The van der Waals surface area contributed by atoms with Gasteiger partial charge in [-0.25, -0.2) is 0 Å². The predicted octanol–water partition coefficient (Wildman–Crippen LogP) is 3.50. The summed E-state index contributed by atoms with van der Waals surface area (Å²) in [5, 5.41) is 3.40. The molecule has 0 fully saturated rings. The van der Waals surface area contributed by atoms with Crippen molar-refractivity contribution < 1.29 is 9.47 Å². The fourth-order valence-corrected chi connectivity index (χ4v) is 1.77. The molecule has 0 saturated carbocycles. The number of aryl methyl sites for hydroxylation is 2. The SMILES string of the molecule is CCOC(CCNc1ccc(C)c(C)c1)OCC. The summed E-state index contributed by atoms with van der Waals surface area (Å²) in [7, 11) is 0. The van der Waals surface area contributed by atoms with E-state index in [1.807, 2.05) is 13.8 Å². The molecular weight excluding hydrogens is 226 g/mol. The summed E-state index contributed by atoms with van der Waals surface area (Å²) < 4.78 is 11.0. The lowest BCUT2D eigenvalue weighted by Gasteiger charge is -2.17. The highest BCUT2D eigenvalue weighted by Gasteiger charge is 2.07. The quantitative estimate of drug-likeness (QED) is 0.717. The second-order valence-electron chi connectivity index (χ2n) is 4.35. The molecular formula is C15H25NO2. The van der Waals surface area contributed by atoms with Crippen LogP contribution in [0.5, 0.6) is 0 Å². The normalized spacial score (nSPS) is 10.9. The molecule has 0 atom stereocenters. The van der Waals surface area contributed by atoms with E-state index in [-0.39, 0.29) is 6.29 Å². The highest BCUT2D eigenvalue weighted by molar-refractivity contribution is 5.47. The summed E-state index contributed by atoms with van der Waals surface area (Å²) in [5.74, 6) is 0.